The van der Waals surface area contributed by atoms with Crippen LogP contribution >= 0.6 is 0 Å². The van der Waals surface area contributed by atoms with Crippen LogP contribution in [0.5, 0.6) is 0 Å². The summed E-state index contributed by atoms with van der Waals surface area (Å²) in [7, 11) is 0. The Morgan fingerprint density at radius 2 is 2.00 bits per heavy atom. The van der Waals surface area contributed by atoms with E-state index in [1.54, 1.807) is 20.8 Å². The van der Waals surface area contributed by atoms with Gasteiger partial charge in [0.1, 0.15) is 11.0 Å². The molecule has 0 saturated carbocycles. The molecule has 2 heterocycles. The standard InChI is InChI=1S/C14H22F2N2O3/c1-12(2,3)21-11(20)18-8-6-14(15,16)13(9-18)5-4-7-17-10(13)19/h4-9H2,1-3H3,(H,17,19). The lowest BCUT2D eigenvalue weighted by molar-refractivity contribution is -0.186. The van der Waals surface area contributed by atoms with E-state index in [1.165, 1.54) is 4.90 Å². The third-order valence-electron chi connectivity index (χ3n) is 4.01. The molecule has 2 saturated heterocycles. The van der Waals surface area contributed by atoms with Crippen molar-refractivity contribution in [2.45, 2.75) is 51.6 Å². The SMILES string of the molecule is CC(C)(C)OC(=O)N1CCC(F)(F)C2(CCCNC2=O)C1. The van der Waals surface area contributed by atoms with Gasteiger partial charge in [-0.15, -0.1) is 0 Å². The summed E-state index contributed by atoms with van der Waals surface area (Å²) < 4.78 is 33.9. The Kier molecular flexibility index (Phi) is 3.88. The number of alkyl halides is 2. The van der Waals surface area contributed by atoms with E-state index in [0.29, 0.717) is 13.0 Å². The van der Waals surface area contributed by atoms with Gasteiger partial charge in [0.2, 0.25) is 5.91 Å². The van der Waals surface area contributed by atoms with Crippen LogP contribution in [0, 0.1) is 5.41 Å². The number of likely N-dealkylation sites (tertiary alicyclic amines) is 1. The minimum absolute atomic E-state index is 0.0884. The molecule has 1 atom stereocenters. The summed E-state index contributed by atoms with van der Waals surface area (Å²) in [6, 6.07) is 0. The van der Waals surface area contributed by atoms with Crippen LogP contribution in [0.1, 0.15) is 40.0 Å². The average molecular weight is 304 g/mol. The van der Waals surface area contributed by atoms with Crippen molar-refractivity contribution in [3.63, 3.8) is 0 Å². The first-order valence-corrected chi connectivity index (χ1v) is 7.21. The van der Waals surface area contributed by atoms with Gasteiger partial charge in [-0.3, -0.25) is 4.79 Å². The maximum absolute atomic E-state index is 14.3. The summed E-state index contributed by atoms with van der Waals surface area (Å²) >= 11 is 0. The van der Waals surface area contributed by atoms with Gasteiger partial charge in [0.15, 0.2) is 0 Å². The van der Waals surface area contributed by atoms with Crippen molar-refractivity contribution in [1.29, 1.82) is 0 Å². The summed E-state index contributed by atoms with van der Waals surface area (Å²) in [5.41, 5.74) is -2.51. The van der Waals surface area contributed by atoms with Crippen LogP contribution in [0.2, 0.25) is 0 Å². The van der Waals surface area contributed by atoms with Crippen molar-refractivity contribution >= 4 is 12.0 Å². The smallest absolute Gasteiger partial charge is 0.410 e. The molecule has 2 fully saturated rings. The van der Waals surface area contributed by atoms with E-state index in [1.807, 2.05) is 0 Å². The number of carbonyl (C=O) groups excluding carboxylic acids is 2. The lowest BCUT2D eigenvalue weighted by Crippen LogP contribution is -2.65. The molecule has 7 heteroatoms. The molecule has 120 valence electrons. The molecule has 0 radical (unpaired) electrons. The van der Waals surface area contributed by atoms with Crippen molar-refractivity contribution in [3.05, 3.63) is 0 Å². The summed E-state index contributed by atoms with van der Waals surface area (Å²) in [5.74, 6) is -3.76. The zero-order chi connectivity index (χ0) is 15.9. The summed E-state index contributed by atoms with van der Waals surface area (Å²) in [4.78, 5) is 25.4. The van der Waals surface area contributed by atoms with E-state index >= 15 is 0 Å². The molecule has 2 aliphatic heterocycles. The quantitative estimate of drug-likeness (QED) is 0.746. The van der Waals surface area contributed by atoms with Gasteiger partial charge in [-0.2, -0.15) is 0 Å². The lowest BCUT2D eigenvalue weighted by Gasteiger charge is -2.48. The van der Waals surface area contributed by atoms with E-state index in [-0.39, 0.29) is 19.5 Å². The number of halogens is 2. The zero-order valence-electron chi connectivity index (χ0n) is 12.7. The first kappa shape index (κ1) is 16.0. The summed E-state index contributed by atoms with van der Waals surface area (Å²) in [5, 5.41) is 2.51. The van der Waals surface area contributed by atoms with Crippen LogP contribution in [-0.2, 0) is 9.53 Å². The Bertz CT molecular complexity index is 448. The Labute approximate surface area is 123 Å². The summed E-state index contributed by atoms with van der Waals surface area (Å²) in [6.45, 7) is 5.16. The number of hydrogen-bond acceptors (Lipinski definition) is 3. The fourth-order valence-corrected chi connectivity index (χ4v) is 2.89. The molecule has 21 heavy (non-hydrogen) atoms. The van der Waals surface area contributed by atoms with Gasteiger partial charge < -0.3 is 15.0 Å². The van der Waals surface area contributed by atoms with Crippen molar-refractivity contribution in [1.82, 2.24) is 10.2 Å². The van der Waals surface area contributed by atoms with Gasteiger partial charge in [-0.05, 0) is 33.6 Å². The Morgan fingerprint density at radius 3 is 2.57 bits per heavy atom. The highest BCUT2D eigenvalue weighted by Crippen LogP contribution is 2.48. The molecule has 2 rings (SSSR count). The third kappa shape index (κ3) is 2.96. The largest absolute Gasteiger partial charge is 0.444 e. The van der Waals surface area contributed by atoms with Gasteiger partial charge >= 0.3 is 6.09 Å². The van der Waals surface area contributed by atoms with Crippen molar-refractivity contribution < 1.29 is 23.1 Å². The van der Waals surface area contributed by atoms with Crippen LogP contribution in [0.3, 0.4) is 0 Å². The maximum atomic E-state index is 14.3. The van der Waals surface area contributed by atoms with Crippen LogP contribution in [0.4, 0.5) is 13.6 Å². The number of amides is 2. The highest BCUT2D eigenvalue weighted by molar-refractivity contribution is 5.85. The van der Waals surface area contributed by atoms with Gasteiger partial charge in [0.05, 0.1) is 0 Å². The Morgan fingerprint density at radius 1 is 1.33 bits per heavy atom. The van der Waals surface area contributed by atoms with Gasteiger partial charge in [-0.1, -0.05) is 0 Å². The molecule has 0 aromatic rings. The van der Waals surface area contributed by atoms with Crippen LogP contribution in [0.15, 0.2) is 0 Å². The predicted octanol–water partition coefficient (Wildman–Crippen LogP) is 2.16. The minimum atomic E-state index is -3.10. The molecular formula is C14H22F2N2O3. The highest BCUT2D eigenvalue weighted by Gasteiger charge is 2.62. The number of nitrogens with one attached hydrogen (secondary N) is 1. The molecule has 1 N–H and O–H groups in total. The van der Waals surface area contributed by atoms with Crippen molar-refractivity contribution in [3.8, 4) is 0 Å². The Hall–Kier alpha value is -1.40. The van der Waals surface area contributed by atoms with Gasteiger partial charge in [-0.25, -0.2) is 13.6 Å². The second-order valence-corrected chi connectivity index (χ2v) is 6.80. The maximum Gasteiger partial charge on any atom is 0.410 e. The highest BCUT2D eigenvalue weighted by atomic mass is 19.3. The molecule has 0 bridgehead atoms. The number of rotatable bonds is 0. The number of piperidine rings is 2. The average Bonchev–Trinajstić information content (AvgIpc) is 2.33. The first-order valence-electron chi connectivity index (χ1n) is 7.21. The second-order valence-electron chi connectivity index (χ2n) is 6.80. The third-order valence-corrected chi connectivity index (χ3v) is 4.01. The van der Waals surface area contributed by atoms with E-state index in [2.05, 4.69) is 5.32 Å². The molecule has 0 aliphatic carbocycles. The lowest BCUT2D eigenvalue weighted by atomic mass is 9.70. The number of nitrogens with zero attached hydrogens (tertiary/aromatic N) is 1. The molecule has 2 aliphatic rings. The monoisotopic (exact) mass is 304 g/mol. The fourth-order valence-electron chi connectivity index (χ4n) is 2.89. The number of ether oxygens (including phenoxy) is 1. The number of hydrogen-bond donors (Lipinski definition) is 1. The fraction of sp³-hybridized carbons (Fsp3) is 0.857. The van der Waals surface area contributed by atoms with E-state index in [0.717, 1.165) is 0 Å². The summed E-state index contributed by atoms with van der Waals surface area (Å²) in [6.07, 6.45) is -0.579. The van der Waals surface area contributed by atoms with E-state index in [4.69, 9.17) is 4.74 Å². The molecule has 0 aromatic heterocycles. The zero-order valence-corrected chi connectivity index (χ0v) is 12.7. The minimum Gasteiger partial charge on any atom is -0.444 e. The molecule has 1 spiro atoms. The van der Waals surface area contributed by atoms with Crippen LogP contribution in [0.25, 0.3) is 0 Å². The van der Waals surface area contributed by atoms with Crippen molar-refractivity contribution in [2.24, 2.45) is 5.41 Å². The van der Waals surface area contributed by atoms with Crippen molar-refractivity contribution in [2.75, 3.05) is 19.6 Å². The second kappa shape index (κ2) is 5.10. The molecule has 5 nitrogen and oxygen atoms in total. The molecular weight excluding hydrogens is 282 g/mol. The molecule has 1 unspecified atom stereocenters. The predicted molar refractivity (Wildman–Crippen MR) is 72.0 cm³/mol. The Balaban J connectivity index is 2.20. The van der Waals surface area contributed by atoms with E-state index < -0.39 is 35.4 Å². The normalized spacial score (nSPS) is 29.2. The van der Waals surface area contributed by atoms with Crippen LogP contribution < -0.4 is 5.32 Å². The topological polar surface area (TPSA) is 58.6 Å². The van der Waals surface area contributed by atoms with Gasteiger partial charge in [0.25, 0.3) is 5.92 Å². The molecule has 0 aromatic carbocycles. The molecule has 2 amide bonds. The van der Waals surface area contributed by atoms with E-state index in [9.17, 15) is 18.4 Å². The first-order chi connectivity index (χ1) is 9.57. The number of carbonyl (C=O) groups is 2. The van der Waals surface area contributed by atoms with Crippen LogP contribution in [-0.4, -0.2) is 48.1 Å². The van der Waals surface area contributed by atoms with Gasteiger partial charge in [0, 0.05) is 26.1 Å².